The Balaban J connectivity index is 1.71. The van der Waals surface area contributed by atoms with Crippen molar-refractivity contribution in [3.8, 4) is 11.1 Å². The molecule has 0 unspecified atom stereocenters. The van der Waals surface area contributed by atoms with Crippen molar-refractivity contribution in [2.75, 3.05) is 5.32 Å². The third kappa shape index (κ3) is 3.23. The number of benzene rings is 1. The van der Waals surface area contributed by atoms with Crippen molar-refractivity contribution in [1.29, 1.82) is 0 Å². The first kappa shape index (κ1) is 20.3. The number of carbonyl (C=O) groups is 3. The van der Waals surface area contributed by atoms with Gasteiger partial charge in [-0.15, -0.1) is 11.3 Å². The van der Waals surface area contributed by atoms with Crippen molar-refractivity contribution in [3.05, 3.63) is 51.9 Å². The molecule has 0 radical (unpaired) electrons. The average Bonchev–Trinajstić information content (AvgIpc) is 3.36. The SMILES string of the molecule is Cc1ccc(-c2c(C)sc(NC(=O)[C@@H]3[C@H](C(=O)O)[C@H]4C=C[C@H]3C4)c2C(N)=O)cc1C. The van der Waals surface area contributed by atoms with Crippen LogP contribution >= 0.6 is 11.3 Å². The summed E-state index contributed by atoms with van der Waals surface area (Å²) in [6.07, 6.45) is 4.51. The molecule has 4 atom stereocenters. The second kappa shape index (κ2) is 7.40. The Kier molecular flexibility index (Phi) is 5.02. The van der Waals surface area contributed by atoms with E-state index in [2.05, 4.69) is 5.32 Å². The Bertz CT molecular complexity index is 1100. The number of rotatable bonds is 5. The van der Waals surface area contributed by atoms with Crippen molar-refractivity contribution < 1.29 is 19.5 Å². The van der Waals surface area contributed by atoms with Crippen LogP contribution in [0.2, 0.25) is 0 Å². The topological polar surface area (TPSA) is 109 Å². The highest BCUT2D eigenvalue weighted by atomic mass is 32.1. The largest absolute Gasteiger partial charge is 0.481 e. The summed E-state index contributed by atoms with van der Waals surface area (Å²) in [6, 6.07) is 5.93. The Hall–Kier alpha value is -2.93. The molecule has 2 amide bonds. The molecular weight excluding hydrogens is 400 g/mol. The van der Waals surface area contributed by atoms with Crippen molar-refractivity contribution in [2.45, 2.75) is 27.2 Å². The van der Waals surface area contributed by atoms with Gasteiger partial charge >= 0.3 is 5.97 Å². The first-order chi connectivity index (χ1) is 14.2. The van der Waals surface area contributed by atoms with Crippen LogP contribution in [0.3, 0.4) is 0 Å². The van der Waals surface area contributed by atoms with Gasteiger partial charge in [0.1, 0.15) is 5.00 Å². The lowest BCUT2D eigenvalue weighted by atomic mass is 9.82. The van der Waals surface area contributed by atoms with Crippen molar-refractivity contribution in [2.24, 2.45) is 29.4 Å². The highest BCUT2D eigenvalue weighted by Gasteiger charge is 2.51. The Morgan fingerprint density at radius 1 is 1.07 bits per heavy atom. The van der Waals surface area contributed by atoms with Crippen LogP contribution in [0, 0.1) is 44.4 Å². The second-order valence-electron chi connectivity index (χ2n) is 8.23. The lowest BCUT2D eigenvalue weighted by Crippen LogP contribution is -2.36. The van der Waals surface area contributed by atoms with E-state index in [1.54, 1.807) is 0 Å². The highest BCUT2D eigenvalue weighted by molar-refractivity contribution is 7.17. The first-order valence-electron chi connectivity index (χ1n) is 9.91. The number of allylic oxidation sites excluding steroid dienone is 2. The number of anilines is 1. The number of carboxylic acid groups (broad SMARTS) is 1. The number of hydrogen-bond acceptors (Lipinski definition) is 4. The summed E-state index contributed by atoms with van der Waals surface area (Å²) in [5.41, 5.74) is 9.81. The van der Waals surface area contributed by atoms with Crippen molar-refractivity contribution in [1.82, 2.24) is 0 Å². The van der Waals surface area contributed by atoms with E-state index in [-0.39, 0.29) is 23.3 Å². The summed E-state index contributed by atoms with van der Waals surface area (Å²) in [5, 5.41) is 12.8. The van der Waals surface area contributed by atoms with Gasteiger partial charge < -0.3 is 16.2 Å². The monoisotopic (exact) mass is 424 g/mol. The fourth-order valence-corrected chi connectivity index (χ4v) is 5.91. The normalized spacial score (nSPS) is 24.2. The number of nitrogens with one attached hydrogen (secondary N) is 1. The van der Waals surface area contributed by atoms with Crippen LogP contribution in [0.25, 0.3) is 11.1 Å². The van der Waals surface area contributed by atoms with Gasteiger partial charge in [-0.2, -0.15) is 0 Å². The number of hydrogen-bond donors (Lipinski definition) is 3. The molecule has 156 valence electrons. The molecule has 6 nitrogen and oxygen atoms in total. The van der Waals surface area contributed by atoms with Crippen molar-refractivity contribution in [3.63, 3.8) is 0 Å². The minimum absolute atomic E-state index is 0.0894. The van der Waals surface area contributed by atoms with E-state index in [0.29, 0.717) is 17.0 Å². The van der Waals surface area contributed by atoms with Gasteiger partial charge in [-0.05, 0) is 55.7 Å². The van der Waals surface area contributed by atoms with E-state index >= 15 is 0 Å². The summed E-state index contributed by atoms with van der Waals surface area (Å²) in [7, 11) is 0. The molecule has 1 fully saturated rings. The summed E-state index contributed by atoms with van der Waals surface area (Å²) < 4.78 is 0. The Labute approximate surface area is 178 Å². The van der Waals surface area contributed by atoms with Crippen LogP contribution in [0.1, 0.15) is 32.8 Å². The zero-order chi connectivity index (χ0) is 21.7. The third-order valence-corrected chi connectivity index (χ3v) is 7.43. The smallest absolute Gasteiger partial charge is 0.307 e. The zero-order valence-corrected chi connectivity index (χ0v) is 17.9. The molecule has 7 heteroatoms. The number of fused-ring (bicyclic) bond motifs is 2. The fourth-order valence-electron chi connectivity index (χ4n) is 4.82. The minimum atomic E-state index is -0.958. The number of aliphatic carboxylic acids is 1. The zero-order valence-electron chi connectivity index (χ0n) is 17.1. The number of nitrogens with two attached hydrogens (primary N) is 1. The molecule has 4 rings (SSSR count). The summed E-state index contributed by atoms with van der Waals surface area (Å²) >= 11 is 1.29. The quantitative estimate of drug-likeness (QED) is 0.632. The summed E-state index contributed by atoms with van der Waals surface area (Å²) in [6.45, 7) is 5.91. The van der Waals surface area contributed by atoms with E-state index < -0.39 is 23.7 Å². The summed E-state index contributed by atoms with van der Waals surface area (Å²) in [4.78, 5) is 38.1. The Morgan fingerprint density at radius 3 is 2.33 bits per heavy atom. The molecular formula is C23H24N2O4S. The maximum absolute atomic E-state index is 13.1. The van der Waals surface area contributed by atoms with E-state index in [1.165, 1.54) is 11.3 Å². The molecule has 2 aliphatic rings. The van der Waals surface area contributed by atoms with Crippen LogP contribution in [-0.2, 0) is 9.59 Å². The standard InChI is InChI=1S/C23H24N2O4S/c1-10-4-5-13(8-11(10)2)16-12(3)30-22(19(16)20(24)26)25-21(27)17-14-6-7-15(9-14)18(17)23(28)29/h4-8,14-15,17-18H,9H2,1-3H3,(H2,24,26)(H,25,27)(H,28,29)/t14-,15-,17-,18+/m0/s1. The van der Waals surface area contributed by atoms with E-state index in [0.717, 1.165) is 21.6 Å². The van der Waals surface area contributed by atoms with Crippen LogP contribution in [0.5, 0.6) is 0 Å². The molecule has 1 aromatic carbocycles. The molecule has 1 saturated carbocycles. The van der Waals surface area contributed by atoms with Gasteiger partial charge in [-0.1, -0.05) is 30.4 Å². The van der Waals surface area contributed by atoms with E-state index in [4.69, 9.17) is 5.73 Å². The molecule has 4 N–H and O–H groups in total. The second-order valence-corrected chi connectivity index (χ2v) is 9.45. The van der Waals surface area contributed by atoms with Crippen LogP contribution in [0.4, 0.5) is 5.00 Å². The molecule has 0 saturated heterocycles. The predicted octanol–water partition coefficient (Wildman–Crippen LogP) is 3.90. The lowest BCUT2D eigenvalue weighted by molar-refractivity contribution is -0.146. The minimum Gasteiger partial charge on any atom is -0.481 e. The maximum atomic E-state index is 13.1. The summed E-state index contributed by atoms with van der Waals surface area (Å²) in [5.74, 6) is -3.54. The van der Waals surface area contributed by atoms with Crippen LogP contribution in [-0.4, -0.2) is 22.9 Å². The van der Waals surface area contributed by atoms with Gasteiger partial charge in [0.05, 0.1) is 17.4 Å². The van der Waals surface area contributed by atoms with Gasteiger partial charge in [0, 0.05) is 10.4 Å². The predicted molar refractivity (Wildman–Crippen MR) is 116 cm³/mol. The molecule has 30 heavy (non-hydrogen) atoms. The molecule has 0 spiro atoms. The van der Waals surface area contributed by atoms with Crippen LogP contribution in [0.15, 0.2) is 30.4 Å². The number of thiophene rings is 1. The van der Waals surface area contributed by atoms with E-state index in [9.17, 15) is 19.5 Å². The van der Waals surface area contributed by atoms with Crippen molar-refractivity contribution >= 4 is 34.1 Å². The maximum Gasteiger partial charge on any atom is 0.307 e. The van der Waals surface area contributed by atoms with E-state index in [1.807, 2.05) is 51.1 Å². The lowest BCUT2D eigenvalue weighted by Gasteiger charge is -2.23. The highest BCUT2D eigenvalue weighted by Crippen LogP contribution is 2.49. The molecule has 2 aliphatic carbocycles. The Morgan fingerprint density at radius 2 is 1.73 bits per heavy atom. The van der Waals surface area contributed by atoms with Gasteiger partial charge in [-0.25, -0.2) is 0 Å². The van der Waals surface area contributed by atoms with Gasteiger partial charge in [0.25, 0.3) is 5.91 Å². The van der Waals surface area contributed by atoms with Gasteiger partial charge in [-0.3, -0.25) is 14.4 Å². The van der Waals surface area contributed by atoms with Crippen LogP contribution < -0.4 is 11.1 Å². The fraction of sp³-hybridized carbons (Fsp3) is 0.348. The molecule has 2 bridgehead atoms. The van der Waals surface area contributed by atoms with Gasteiger partial charge in [0.2, 0.25) is 5.91 Å². The number of primary amides is 1. The molecule has 1 heterocycles. The number of carboxylic acids is 1. The number of carbonyl (C=O) groups excluding carboxylic acids is 2. The average molecular weight is 425 g/mol. The number of aryl methyl sites for hydroxylation is 3. The first-order valence-corrected chi connectivity index (χ1v) is 10.7. The number of amides is 2. The molecule has 0 aliphatic heterocycles. The third-order valence-electron chi connectivity index (χ3n) is 6.41. The van der Waals surface area contributed by atoms with Gasteiger partial charge in [0.15, 0.2) is 0 Å². The molecule has 1 aromatic heterocycles. The molecule has 2 aromatic rings.